The van der Waals surface area contributed by atoms with Gasteiger partial charge in [0.05, 0.1) is 0 Å². The van der Waals surface area contributed by atoms with E-state index in [1.807, 2.05) is 0 Å². The van der Waals surface area contributed by atoms with E-state index in [9.17, 15) is 4.79 Å². The Hall–Kier alpha value is 0.599. The molecule has 0 rings (SSSR count). The number of carboxylic acids is 1. The van der Waals surface area contributed by atoms with E-state index < -0.39 is 5.97 Å². The molecule has 0 aliphatic rings. The van der Waals surface area contributed by atoms with E-state index in [2.05, 4.69) is 6.58 Å². The summed E-state index contributed by atoms with van der Waals surface area (Å²) >= 11 is 0. The van der Waals surface area contributed by atoms with Crippen LogP contribution >= 0.6 is 37.2 Å². The second kappa shape index (κ2) is 23.5. The summed E-state index contributed by atoms with van der Waals surface area (Å²) in [5, 5.41) is 7.60. The van der Waals surface area contributed by atoms with Crippen molar-refractivity contribution in [3.05, 3.63) is 12.7 Å². The summed E-state index contributed by atoms with van der Waals surface area (Å²) in [6.45, 7) is 2.96. The molecule has 0 heterocycles. The van der Waals surface area contributed by atoms with Crippen molar-refractivity contribution in [2.45, 2.75) is 0 Å². The molecule has 1 N–H and O–H groups in total. The van der Waals surface area contributed by atoms with Crippen LogP contribution in [0.2, 0.25) is 0 Å². The zero-order valence-electron chi connectivity index (χ0n) is 4.22. The summed E-state index contributed by atoms with van der Waals surface area (Å²) in [4.78, 5) is 9.25. The Balaban J connectivity index is -0.0000000133. The Morgan fingerprint density at radius 1 is 1.33 bits per heavy atom. The van der Waals surface area contributed by atoms with Gasteiger partial charge in [-0.15, -0.1) is 37.2 Å². The van der Waals surface area contributed by atoms with Crippen LogP contribution in [0.25, 0.3) is 0 Å². The van der Waals surface area contributed by atoms with Crippen LogP contribution in [-0.4, -0.2) is 11.1 Å². The van der Waals surface area contributed by atoms with Crippen LogP contribution in [0.5, 0.6) is 0 Å². The standard InChI is InChI=1S/C3H4O2.3ClH.Fe/c1-2-3(4)5;;;;/h2H,1H2,(H,4,5);3*1H;. The molecule has 0 aromatic rings. The van der Waals surface area contributed by atoms with Crippen molar-refractivity contribution in [2.24, 2.45) is 0 Å². The van der Waals surface area contributed by atoms with Gasteiger partial charge >= 0.3 is 5.97 Å². The molecule has 2 nitrogen and oxygen atoms in total. The van der Waals surface area contributed by atoms with E-state index in [0.29, 0.717) is 0 Å². The van der Waals surface area contributed by atoms with E-state index >= 15 is 0 Å². The number of aliphatic carboxylic acids is 1. The Labute approximate surface area is 82.8 Å². The molecule has 0 bridgehead atoms. The van der Waals surface area contributed by atoms with Crippen LogP contribution in [0.3, 0.4) is 0 Å². The van der Waals surface area contributed by atoms with Crippen molar-refractivity contribution in [3.8, 4) is 0 Å². The molecule has 0 amide bonds. The second-order valence-electron chi connectivity index (χ2n) is 0.542. The molecule has 0 aromatic carbocycles. The molecule has 0 aromatic heterocycles. The van der Waals surface area contributed by atoms with Gasteiger partial charge in [0.25, 0.3) is 0 Å². The van der Waals surface area contributed by atoms with Crippen LogP contribution < -0.4 is 0 Å². The van der Waals surface area contributed by atoms with Gasteiger partial charge in [-0.05, 0) is 0 Å². The fraction of sp³-hybridized carbons (Fsp3) is 0. The second-order valence-corrected chi connectivity index (χ2v) is 0.542. The molecular formula is C3H7Cl3FeO2. The van der Waals surface area contributed by atoms with Gasteiger partial charge in [-0.3, -0.25) is 0 Å². The van der Waals surface area contributed by atoms with E-state index in [4.69, 9.17) is 5.11 Å². The quantitative estimate of drug-likeness (QED) is 0.554. The predicted molar refractivity (Wildman–Crippen MR) is 39.6 cm³/mol. The number of hydrogen-bond donors (Lipinski definition) is 1. The van der Waals surface area contributed by atoms with Gasteiger partial charge in [0.2, 0.25) is 0 Å². The molecule has 0 saturated heterocycles. The number of hydrogen-bond acceptors (Lipinski definition) is 1. The van der Waals surface area contributed by atoms with Gasteiger partial charge in [-0.25, -0.2) is 4.79 Å². The summed E-state index contributed by atoms with van der Waals surface area (Å²) in [5.41, 5.74) is 0. The van der Waals surface area contributed by atoms with Gasteiger partial charge in [0, 0.05) is 23.1 Å². The van der Waals surface area contributed by atoms with Crippen molar-refractivity contribution < 1.29 is 27.0 Å². The molecule has 60 valence electrons. The molecule has 0 saturated carbocycles. The first-order chi connectivity index (χ1) is 2.27. The maximum absolute atomic E-state index is 9.25. The SMILES string of the molecule is C=CC(=O)O.Cl.Cl.Cl.[Fe]. The third-order valence-corrected chi connectivity index (χ3v) is 0.175. The fourth-order valence-corrected chi connectivity index (χ4v) is 0. The average molecular weight is 237 g/mol. The zero-order valence-corrected chi connectivity index (χ0v) is 7.77. The number of carbonyl (C=O) groups is 1. The smallest absolute Gasteiger partial charge is 0.327 e. The van der Waals surface area contributed by atoms with E-state index in [-0.39, 0.29) is 54.3 Å². The van der Waals surface area contributed by atoms with Crippen molar-refractivity contribution >= 4 is 43.2 Å². The van der Waals surface area contributed by atoms with Crippen molar-refractivity contribution in [1.82, 2.24) is 0 Å². The molecule has 0 aliphatic carbocycles. The van der Waals surface area contributed by atoms with Gasteiger partial charge in [-0.1, -0.05) is 6.58 Å². The van der Waals surface area contributed by atoms with E-state index in [1.165, 1.54) is 0 Å². The zero-order chi connectivity index (χ0) is 4.28. The van der Waals surface area contributed by atoms with Gasteiger partial charge < -0.3 is 5.11 Å². The normalized spacial score (nSPS) is 3.56. The minimum Gasteiger partial charge on any atom is -0.478 e. The summed E-state index contributed by atoms with van der Waals surface area (Å²) in [7, 11) is 0. The minimum atomic E-state index is -0.981. The van der Waals surface area contributed by atoms with Crippen LogP contribution in [0.15, 0.2) is 12.7 Å². The summed E-state index contributed by atoms with van der Waals surface area (Å²) in [6, 6.07) is 0. The number of rotatable bonds is 1. The largest absolute Gasteiger partial charge is 0.478 e. The molecule has 0 aliphatic heterocycles. The molecule has 0 atom stereocenters. The summed E-state index contributed by atoms with van der Waals surface area (Å²) in [5.74, 6) is -0.981. The van der Waals surface area contributed by atoms with Crippen LogP contribution in [0.4, 0.5) is 0 Å². The van der Waals surface area contributed by atoms with Gasteiger partial charge in [0.15, 0.2) is 0 Å². The topological polar surface area (TPSA) is 37.3 Å². The Kier molecular flexibility index (Phi) is 87.5. The molecule has 0 radical (unpaired) electrons. The van der Waals surface area contributed by atoms with Crippen molar-refractivity contribution in [3.63, 3.8) is 0 Å². The maximum atomic E-state index is 9.25. The Bertz CT molecular complexity index is 68.1. The molecule has 0 spiro atoms. The van der Waals surface area contributed by atoms with Crippen LogP contribution in [-0.2, 0) is 21.9 Å². The van der Waals surface area contributed by atoms with Crippen molar-refractivity contribution in [2.75, 3.05) is 0 Å². The first-order valence-corrected chi connectivity index (χ1v) is 1.12. The molecule has 0 unspecified atom stereocenters. The first kappa shape index (κ1) is 33.6. The van der Waals surface area contributed by atoms with E-state index in [0.717, 1.165) is 6.08 Å². The third kappa shape index (κ3) is 55.4. The van der Waals surface area contributed by atoms with Crippen molar-refractivity contribution in [1.29, 1.82) is 0 Å². The Morgan fingerprint density at radius 3 is 1.44 bits per heavy atom. The molecule has 0 fully saturated rings. The number of halogens is 3. The fourth-order valence-electron chi connectivity index (χ4n) is 0. The van der Waals surface area contributed by atoms with Gasteiger partial charge in [-0.2, -0.15) is 0 Å². The van der Waals surface area contributed by atoms with E-state index in [1.54, 1.807) is 0 Å². The van der Waals surface area contributed by atoms with Gasteiger partial charge in [0.1, 0.15) is 0 Å². The minimum absolute atomic E-state index is 0. The predicted octanol–water partition coefficient (Wildman–Crippen LogP) is 1.52. The summed E-state index contributed by atoms with van der Waals surface area (Å²) < 4.78 is 0. The molecular weight excluding hydrogens is 230 g/mol. The van der Waals surface area contributed by atoms with Crippen LogP contribution in [0, 0.1) is 0 Å². The summed E-state index contributed by atoms with van der Waals surface area (Å²) in [6.07, 6.45) is 0.833. The first-order valence-electron chi connectivity index (χ1n) is 1.12. The monoisotopic (exact) mass is 236 g/mol. The number of carboxylic acid groups (broad SMARTS) is 1. The Morgan fingerprint density at radius 2 is 1.44 bits per heavy atom. The third-order valence-electron chi connectivity index (χ3n) is 0.175. The molecule has 9 heavy (non-hydrogen) atoms. The molecule has 6 heteroatoms. The maximum Gasteiger partial charge on any atom is 0.327 e. The van der Waals surface area contributed by atoms with Crippen LogP contribution in [0.1, 0.15) is 0 Å². The average Bonchev–Trinajstić information content (AvgIpc) is 1.38.